The van der Waals surface area contributed by atoms with Crippen LogP contribution in [0.15, 0.2) is 30.3 Å². The monoisotopic (exact) mass is 187 g/mol. The van der Waals surface area contributed by atoms with Crippen molar-refractivity contribution in [2.75, 3.05) is 14.1 Å². The van der Waals surface area contributed by atoms with E-state index in [1.807, 2.05) is 32.3 Å². The third-order valence-corrected chi connectivity index (χ3v) is 1.43. The number of halogens is 1. The van der Waals surface area contributed by atoms with Crippen molar-refractivity contribution >= 4 is 12.4 Å². The van der Waals surface area contributed by atoms with Crippen molar-refractivity contribution < 1.29 is 4.59 Å². The number of benzene rings is 1. The third kappa shape index (κ3) is 4.34. The van der Waals surface area contributed by atoms with Gasteiger partial charge >= 0.3 is 0 Å². The number of hydrogen-bond acceptors (Lipinski definition) is 1. The van der Waals surface area contributed by atoms with Crippen molar-refractivity contribution in [3.05, 3.63) is 35.9 Å². The molecule has 3 heteroatoms. The molecule has 0 unspecified atom stereocenters. The van der Waals surface area contributed by atoms with Gasteiger partial charge in [-0.05, 0) is 0 Å². The summed E-state index contributed by atoms with van der Waals surface area (Å²) in [6.45, 7) is 0.876. The smallest absolute Gasteiger partial charge is 0.121 e. The lowest BCUT2D eigenvalue weighted by atomic mass is 10.2. The van der Waals surface area contributed by atoms with Crippen LogP contribution in [0, 0.1) is 0 Å². The Labute approximate surface area is 80.0 Å². The lowest BCUT2D eigenvalue weighted by Gasteiger charge is -2.21. The SMILES string of the molecule is C[N+](C)(N)Cc1ccccc1.Cl. The van der Waals surface area contributed by atoms with E-state index in [-0.39, 0.29) is 12.4 Å². The molecule has 0 amide bonds. The van der Waals surface area contributed by atoms with Crippen LogP contribution < -0.4 is 5.84 Å². The van der Waals surface area contributed by atoms with Gasteiger partial charge in [-0.1, -0.05) is 30.3 Å². The van der Waals surface area contributed by atoms with Crippen LogP contribution in [-0.2, 0) is 6.54 Å². The summed E-state index contributed by atoms with van der Waals surface area (Å²) in [5.74, 6) is 5.80. The Morgan fingerprint density at radius 3 is 2.08 bits per heavy atom. The summed E-state index contributed by atoms with van der Waals surface area (Å²) in [7, 11) is 3.96. The molecule has 0 saturated carbocycles. The van der Waals surface area contributed by atoms with Crippen LogP contribution in [0.1, 0.15) is 5.56 Å². The minimum atomic E-state index is 0. The minimum Gasteiger partial charge on any atom is -0.249 e. The number of hydrogen-bond donors (Lipinski definition) is 1. The van der Waals surface area contributed by atoms with E-state index < -0.39 is 0 Å². The maximum atomic E-state index is 5.80. The van der Waals surface area contributed by atoms with Crippen molar-refractivity contribution in [2.45, 2.75) is 6.54 Å². The second kappa shape index (κ2) is 4.45. The Balaban J connectivity index is 0.00000121. The summed E-state index contributed by atoms with van der Waals surface area (Å²) >= 11 is 0. The van der Waals surface area contributed by atoms with Crippen LogP contribution in [0.25, 0.3) is 0 Å². The molecule has 0 aliphatic rings. The average Bonchev–Trinajstić information content (AvgIpc) is 1.85. The van der Waals surface area contributed by atoms with Gasteiger partial charge in [-0.3, -0.25) is 0 Å². The van der Waals surface area contributed by atoms with E-state index in [0.29, 0.717) is 4.59 Å². The van der Waals surface area contributed by atoms with E-state index in [2.05, 4.69) is 12.1 Å². The lowest BCUT2D eigenvalue weighted by Crippen LogP contribution is -2.45. The highest BCUT2D eigenvalue weighted by molar-refractivity contribution is 5.85. The second-order valence-corrected chi connectivity index (χ2v) is 3.42. The molecule has 0 heterocycles. The molecule has 1 rings (SSSR count). The highest BCUT2D eigenvalue weighted by Crippen LogP contribution is 2.03. The molecule has 68 valence electrons. The molecule has 0 aliphatic carbocycles. The molecule has 0 spiro atoms. The molecule has 0 fully saturated rings. The van der Waals surface area contributed by atoms with Crippen molar-refractivity contribution in [1.29, 1.82) is 0 Å². The fourth-order valence-corrected chi connectivity index (χ4v) is 1.05. The molecule has 0 saturated heterocycles. The van der Waals surface area contributed by atoms with E-state index in [1.165, 1.54) is 5.56 Å². The van der Waals surface area contributed by atoms with Gasteiger partial charge in [0.2, 0.25) is 0 Å². The first-order valence-corrected chi connectivity index (χ1v) is 3.73. The highest BCUT2D eigenvalue weighted by atomic mass is 35.5. The van der Waals surface area contributed by atoms with Crippen molar-refractivity contribution in [1.82, 2.24) is 0 Å². The molecular weight excluding hydrogens is 172 g/mol. The van der Waals surface area contributed by atoms with Crippen LogP contribution >= 0.6 is 12.4 Å². The van der Waals surface area contributed by atoms with E-state index in [1.54, 1.807) is 0 Å². The number of rotatable bonds is 2. The highest BCUT2D eigenvalue weighted by Gasteiger charge is 2.07. The second-order valence-electron chi connectivity index (χ2n) is 3.42. The first-order chi connectivity index (χ1) is 5.08. The third-order valence-electron chi connectivity index (χ3n) is 1.43. The van der Waals surface area contributed by atoms with Crippen molar-refractivity contribution in [3.63, 3.8) is 0 Å². The quantitative estimate of drug-likeness (QED) is 0.425. The van der Waals surface area contributed by atoms with E-state index in [0.717, 1.165) is 6.54 Å². The molecule has 0 atom stereocenters. The average molecular weight is 188 g/mol. The van der Waals surface area contributed by atoms with Gasteiger partial charge in [0.15, 0.2) is 0 Å². The van der Waals surface area contributed by atoms with Gasteiger partial charge in [0.25, 0.3) is 0 Å². The molecule has 0 aromatic heterocycles. The Bertz CT molecular complexity index is 216. The molecular formula is C9H16ClN2+. The van der Waals surface area contributed by atoms with Crippen LogP contribution in [0.4, 0.5) is 0 Å². The van der Waals surface area contributed by atoms with Crippen LogP contribution in [0.3, 0.4) is 0 Å². The van der Waals surface area contributed by atoms with E-state index >= 15 is 0 Å². The first-order valence-electron chi connectivity index (χ1n) is 3.73. The number of nitrogens with two attached hydrogens (primary N) is 1. The van der Waals surface area contributed by atoms with Crippen LogP contribution in [0.2, 0.25) is 0 Å². The standard InChI is InChI=1S/C9H15N2.ClH/c1-11(2,10)8-9-6-4-3-5-7-9;/h3-7H,8,10H2,1-2H3;1H/q+1;. The van der Waals surface area contributed by atoms with Gasteiger partial charge in [0.1, 0.15) is 6.54 Å². The molecule has 12 heavy (non-hydrogen) atoms. The van der Waals surface area contributed by atoms with Gasteiger partial charge in [-0.25, -0.2) is 4.59 Å². The van der Waals surface area contributed by atoms with Gasteiger partial charge in [-0.15, -0.1) is 12.4 Å². The summed E-state index contributed by atoms with van der Waals surface area (Å²) in [5, 5.41) is 0. The molecule has 0 radical (unpaired) electrons. The summed E-state index contributed by atoms with van der Waals surface area (Å²) in [4.78, 5) is 0. The lowest BCUT2D eigenvalue weighted by molar-refractivity contribution is -0.915. The molecule has 0 aliphatic heterocycles. The Kier molecular flexibility index (Phi) is 4.24. The summed E-state index contributed by atoms with van der Waals surface area (Å²) < 4.78 is 0.490. The van der Waals surface area contributed by atoms with Gasteiger partial charge in [0, 0.05) is 5.56 Å². The van der Waals surface area contributed by atoms with Crippen molar-refractivity contribution in [2.24, 2.45) is 5.84 Å². The van der Waals surface area contributed by atoms with Crippen LogP contribution in [-0.4, -0.2) is 18.7 Å². The van der Waals surface area contributed by atoms with Crippen molar-refractivity contribution in [3.8, 4) is 0 Å². The Morgan fingerprint density at radius 1 is 1.17 bits per heavy atom. The normalized spacial score (nSPS) is 10.6. The molecule has 1 aromatic rings. The largest absolute Gasteiger partial charge is 0.249 e. The fourth-order valence-electron chi connectivity index (χ4n) is 1.05. The number of quaternary nitrogens is 1. The number of nitrogens with zero attached hydrogens (tertiary/aromatic N) is 1. The van der Waals surface area contributed by atoms with Crippen LogP contribution in [0.5, 0.6) is 0 Å². The summed E-state index contributed by atoms with van der Waals surface area (Å²) in [5.41, 5.74) is 1.28. The topological polar surface area (TPSA) is 26.0 Å². The maximum absolute atomic E-state index is 5.80. The zero-order valence-electron chi connectivity index (χ0n) is 7.53. The minimum absolute atomic E-state index is 0. The summed E-state index contributed by atoms with van der Waals surface area (Å²) in [6.07, 6.45) is 0. The fraction of sp³-hybridized carbons (Fsp3) is 0.333. The molecule has 0 bridgehead atoms. The molecule has 1 aromatic carbocycles. The van der Waals surface area contributed by atoms with Gasteiger partial charge in [0.05, 0.1) is 14.1 Å². The molecule has 2 nitrogen and oxygen atoms in total. The van der Waals surface area contributed by atoms with E-state index in [4.69, 9.17) is 5.84 Å². The maximum Gasteiger partial charge on any atom is 0.121 e. The zero-order valence-corrected chi connectivity index (χ0v) is 8.34. The first kappa shape index (κ1) is 11.4. The molecule has 2 N–H and O–H groups in total. The Hall–Kier alpha value is -0.570. The van der Waals surface area contributed by atoms with Gasteiger partial charge in [-0.2, -0.15) is 5.84 Å². The van der Waals surface area contributed by atoms with E-state index in [9.17, 15) is 0 Å². The summed E-state index contributed by atoms with van der Waals surface area (Å²) in [6, 6.07) is 10.3. The Morgan fingerprint density at radius 2 is 1.67 bits per heavy atom. The predicted octanol–water partition coefficient (Wildman–Crippen LogP) is 1.56. The predicted molar refractivity (Wildman–Crippen MR) is 53.7 cm³/mol. The van der Waals surface area contributed by atoms with Gasteiger partial charge < -0.3 is 0 Å². The zero-order chi connectivity index (χ0) is 8.32.